The summed E-state index contributed by atoms with van der Waals surface area (Å²) < 4.78 is 1.95. The van der Waals surface area contributed by atoms with E-state index in [-0.39, 0.29) is 6.04 Å². The molecule has 0 N–H and O–H groups in total. The number of halogens is 1. The molecule has 8 heteroatoms. The van der Waals surface area contributed by atoms with Crippen LogP contribution in [-0.4, -0.2) is 37.1 Å². The molecule has 0 fully saturated rings. The summed E-state index contributed by atoms with van der Waals surface area (Å²) in [5, 5.41) is 11.2. The molecule has 0 aliphatic carbocycles. The smallest absolute Gasteiger partial charge is 0.0928 e. The summed E-state index contributed by atoms with van der Waals surface area (Å²) in [6.45, 7) is 6.80. The summed E-state index contributed by atoms with van der Waals surface area (Å²) in [7, 11) is 0. The average Bonchev–Trinajstić information content (AvgIpc) is 3.43. The van der Waals surface area contributed by atoms with Crippen LogP contribution >= 0.6 is 34.3 Å². The molecule has 1 atom stereocenters. The first-order chi connectivity index (χ1) is 13.7. The molecule has 0 bridgehead atoms. The van der Waals surface area contributed by atoms with E-state index in [1.54, 1.807) is 28.9 Å². The van der Waals surface area contributed by atoms with E-state index in [0.29, 0.717) is 5.88 Å². The lowest BCUT2D eigenvalue weighted by molar-refractivity contribution is 0.213. The molecular weight excluding hydrogens is 410 g/mol. The van der Waals surface area contributed by atoms with Crippen LogP contribution in [0.1, 0.15) is 54.1 Å². The van der Waals surface area contributed by atoms with Crippen molar-refractivity contribution in [3.8, 4) is 0 Å². The Kier molecular flexibility index (Phi) is 8.45. The van der Waals surface area contributed by atoms with Gasteiger partial charge in [-0.15, -0.1) is 34.3 Å². The van der Waals surface area contributed by atoms with Gasteiger partial charge in [-0.25, -0.2) is 9.97 Å². The third-order valence-corrected chi connectivity index (χ3v) is 6.71. The maximum Gasteiger partial charge on any atom is 0.0928 e. The van der Waals surface area contributed by atoms with Crippen LogP contribution in [0.4, 0.5) is 0 Å². The Labute approximate surface area is 180 Å². The molecule has 3 heterocycles. The Balaban J connectivity index is 1.73. The first kappa shape index (κ1) is 21.4. The van der Waals surface area contributed by atoms with Gasteiger partial charge in [0, 0.05) is 48.7 Å². The molecule has 0 spiro atoms. The summed E-state index contributed by atoms with van der Waals surface area (Å²) in [6.07, 6.45) is 8.14. The van der Waals surface area contributed by atoms with Crippen LogP contribution in [0.5, 0.6) is 0 Å². The number of hydrogen-bond acceptors (Lipinski definition) is 6. The molecule has 0 saturated carbocycles. The summed E-state index contributed by atoms with van der Waals surface area (Å²) in [5.41, 5.74) is 2.26. The van der Waals surface area contributed by atoms with Crippen LogP contribution in [0.15, 0.2) is 29.2 Å². The molecule has 152 valence electrons. The number of nitrogens with zero attached hydrogens (tertiary/aromatic N) is 5. The van der Waals surface area contributed by atoms with Crippen molar-refractivity contribution in [2.24, 2.45) is 0 Å². The van der Waals surface area contributed by atoms with Crippen molar-refractivity contribution >= 4 is 34.3 Å². The minimum absolute atomic E-state index is 0.124. The topological polar surface area (TPSA) is 46.8 Å². The van der Waals surface area contributed by atoms with Crippen molar-refractivity contribution in [2.75, 3.05) is 12.4 Å². The summed E-state index contributed by atoms with van der Waals surface area (Å²) >= 11 is 9.81. The Hall–Kier alpha value is -1.28. The fourth-order valence-corrected chi connectivity index (χ4v) is 5.16. The van der Waals surface area contributed by atoms with Gasteiger partial charge in [-0.3, -0.25) is 9.58 Å². The Bertz CT molecular complexity index is 768. The van der Waals surface area contributed by atoms with E-state index in [4.69, 9.17) is 21.6 Å². The van der Waals surface area contributed by atoms with E-state index in [2.05, 4.69) is 34.6 Å². The average molecular weight is 438 g/mol. The molecule has 3 aromatic rings. The quantitative estimate of drug-likeness (QED) is 0.366. The van der Waals surface area contributed by atoms with Crippen LogP contribution < -0.4 is 0 Å². The third kappa shape index (κ3) is 6.11. The third-order valence-electron chi connectivity index (χ3n) is 4.44. The SMILES string of the molecule is CCCc1nc(CN(Cc2csc(CCC)n2)C[C@@H](CCl)n2cccn2)cs1. The predicted molar refractivity (Wildman–Crippen MR) is 118 cm³/mol. The number of aromatic nitrogens is 4. The molecule has 0 aromatic carbocycles. The summed E-state index contributed by atoms with van der Waals surface area (Å²) in [5.74, 6) is 0.522. The highest BCUT2D eigenvalue weighted by Crippen LogP contribution is 2.20. The molecule has 0 aliphatic heterocycles. The predicted octanol–water partition coefficient (Wildman–Crippen LogP) is 5.18. The van der Waals surface area contributed by atoms with Crippen LogP contribution in [-0.2, 0) is 25.9 Å². The van der Waals surface area contributed by atoms with E-state index < -0.39 is 0 Å². The number of hydrogen-bond donors (Lipinski definition) is 0. The van der Waals surface area contributed by atoms with E-state index in [0.717, 1.165) is 56.7 Å². The van der Waals surface area contributed by atoms with Crippen molar-refractivity contribution in [1.29, 1.82) is 0 Å². The second-order valence-corrected chi connectivity index (χ2v) is 9.12. The van der Waals surface area contributed by atoms with E-state index in [1.165, 1.54) is 10.0 Å². The number of aryl methyl sites for hydroxylation is 2. The number of thiazole rings is 2. The monoisotopic (exact) mass is 437 g/mol. The largest absolute Gasteiger partial charge is 0.289 e. The molecule has 0 unspecified atom stereocenters. The zero-order chi connectivity index (χ0) is 19.8. The van der Waals surface area contributed by atoms with Gasteiger partial charge in [-0.2, -0.15) is 5.10 Å². The van der Waals surface area contributed by atoms with Gasteiger partial charge in [0.15, 0.2) is 0 Å². The first-order valence-electron chi connectivity index (χ1n) is 9.85. The molecule has 5 nitrogen and oxygen atoms in total. The fraction of sp³-hybridized carbons (Fsp3) is 0.550. The highest BCUT2D eigenvalue weighted by atomic mass is 35.5. The van der Waals surface area contributed by atoms with Gasteiger partial charge in [0.25, 0.3) is 0 Å². The molecule has 0 saturated heterocycles. The summed E-state index contributed by atoms with van der Waals surface area (Å²) in [4.78, 5) is 12.0. The minimum Gasteiger partial charge on any atom is -0.289 e. The van der Waals surface area contributed by atoms with Gasteiger partial charge in [0.2, 0.25) is 0 Å². The molecular formula is C20H28ClN5S2. The van der Waals surface area contributed by atoms with Gasteiger partial charge >= 0.3 is 0 Å². The van der Waals surface area contributed by atoms with E-state index in [9.17, 15) is 0 Å². The van der Waals surface area contributed by atoms with Gasteiger partial charge in [0.1, 0.15) is 0 Å². The van der Waals surface area contributed by atoms with Crippen LogP contribution in [0.25, 0.3) is 0 Å². The summed E-state index contributed by atoms with van der Waals surface area (Å²) in [6, 6.07) is 2.07. The van der Waals surface area contributed by atoms with Crippen molar-refractivity contribution in [2.45, 2.75) is 58.7 Å². The lowest BCUT2D eigenvalue weighted by atomic mass is 10.2. The molecule has 0 radical (unpaired) electrons. The van der Waals surface area contributed by atoms with Crippen molar-refractivity contribution in [3.63, 3.8) is 0 Å². The van der Waals surface area contributed by atoms with Crippen LogP contribution in [0.2, 0.25) is 0 Å². The minimum atomic E-state index is 0.124. The van der Waals surface area contributed by atoms with E-state index >= 15 is 0 Å². The van der Waals surface area contributed by atoms with Crippen molar-refractivity contribution < 1.29 is 0 Å². The fourth-order valence-electron chi connectivity index (χ4n) is 3.14. The molecule has 3 aromatic heterocycles. The van der Waals surface area contributed by atoms with Gasteiger partial charge < -0.3 is 0 Å². The molecule has 28 heavy (non-hydrogen) atoms. The molecule has 3 rings (SSSR count). The lowest BCUT2D eigenvalue weighted by Gasteiger charge is -2.25. The standard InChI is InChI=1S/C20H28ClN5S2/c1-3-6-19-23-16(14-27-19)11-25(12-17-15-28-20(24-17)7-4-2)13-18(10-21)26-9-5-8-22-26/h5,8-9,14-15,18H,3-4,6-7,10-13H2,1-2H3/t18-/m1/s1. The van der Waals surface area contributed by atoms with Crippen LogP contribution in [0, 0.1) is 0 Å². The Morgan fingerprint density at radius 3 is 2.11 bits per heavy atom. The van der Waals surface area contributed by atoms with Gasteiger partial charge in [-0.05, 0) is 31.7 Å². The molecule has 0 amide bonds. The van der Waals surface area contributed by atoms with Crippen LogP contribution in [0.3, 0.4) is 0 Å². The normalized spacial score (nSPS) is 12.7. The zero-order valence-electron chi connectivity index (χ0n) is 16.6. The number of alkyl halides is 1. The Morgan fingerprint density at radius 1 is 1.04 bits per heavy atom. The van der Waals surface area contributed by atoms with Gasteiger partial charge in [0.05, 0.1) is 27.4 Å². The highest BCUT2D eigenvalue weighted by molar-refractivity contribution is 7.09. The lowest BCUT2D eigenvalue weighted by Crippen LogP contribution is -2.31. The van der Waals surface area contributed by atoms with Gasteiger partial charge in [-0.1, -0.05) is 13.8 Å². The highest BCUT2D eigenvalue weighted by Gasteiger charge is 2.18. The number of rotatable bonds is 12. The second kappa shape index (κ2) is 11.0. The zero-order valence-corrected chi connectivity index (χ0v) is 18.9. The first-order valence-corrected chi connectivity index (χ1v) is 12.1. The van der Waals surface area contributed by atoms with Crippen molar-refractivity contribution in [3.05, 3.63) is 50.6 Å². The maximum absolute atomic E-state index is 6.29. The molecule has 0 aliphatic rings. The second-order valence-electron chi connectivity index (χ2n) is 6.93. The van der Waals surface area contributed by atoms with E-state index in [1.807, 2.05) is 16.9 Å². The Morgan fingerprint density at radius 2 is 1.64 bits per heavy atom. The maximum atomic E-state index is 6.29. The van der Waals surface area contributed by atoms with Crippen molar-refractivity contribution in [1.82, 2.24) is 24.6 Å².